The maximum Gasteiger partial charge on any atom is 0.230 e. The molecule has 120 valence electrons. The van der Waals surface area contributed by atoms with Gasteiger partial charge in [0.15, 0.2) is 0 Å². The van der Waals surface area contributed by atoms with Gasteiger partial charge in [-0.1, -0.05) is 48.6 Å². The number of rotatable bonds is 3. The van der Waals surface area contributed by atoms with Gasteiger partial charge >= 0.3 is 0 Å². The number of thiazole rings is 1. The molecule has 1 aromatic carbocycles. The minimum Gasteiger partial charge on any atom is -0.492 e. The van der Waals surface area contributed by atoms with E-state index in [0.29, 0.717) is 5.92 Å². The largest absolute Gasteiger partial charge is 0.492 e. The molecule has 1 saturated heterocycles. The zero-order valence-corrected chi connectivity index (χ0v) is 13.9. The van der Waals surface area contributed by atoms with Gasteiger partial charge in [-0.2, -0.15) is 9.61 Å². The molecule has 0 spiro atoms. The number of nitrogens with zero attached hydrogens (tertiary/aromatic N) is 4. The Bertz CT molecular complexity index is 797. The third-order valence-corrected chi connectivity index (χ3v) is 5.64. The van der Waals surface area contributed by atoms with Gasteiger partial charge in [-0.3, -0.25) is 4.90 Å². The quantitative estimate of drug-likeness (QED) is 0.801. The van der Waals surface area contributed by atoms with E-state index in [1.54, 1.807) is 0 Å². The Kier molecular flexibility index (Phi) is 3.79. The number of likely N-dealkylation sites (tertiary alicyclic amines) is 1. The van der Waals surface area contributed by atoms with Crippen LogP contribution in [-0.2, 0) is 0 Å². The van der Waals surface area contributed by atoms with E-state index in [1.165, 1.54) is 40.6 Å². The molecule has 2 aromatic heterocycles. The van der Waals surface area contributed by atoms with Crippen LogP contribution >= 0.6 is 11.3 Å². The van der Waals surface area contributed by atoms with Gasteiger partial charge in [-0.05, 0) is 30.9 Å². The molecule has 0 amide bonds. The number of aromatic nitrogens is 3. The highest BCUT2D eigenvalue weighted by atomic mass is 32.1. The Morgan fingerprint density at radius 3 is 2.87 bits per heavy atom. The van der Waals surface area contributed by atoms with E-state index in [-0.39, 0.29) is 11.9 Å². The number of aromatic hydroxyl groups is 1. The Balaban J connectivity index is 1.81. The molecule has 0 aliphatic carbocycles. The van der Waals surface area contributed by atoms with Crippen LogP contribution in [0, 0.1) is 5.92 Å². The third-order valence-electron chi connectivity index (χ3n) is 4.56. The molecule has 1 fully saturated rings. The first-order chi connectivity index (χ1) is 11.2. The van der Waals surface area contributed by atoms with Crippen LogP contribution in [0.5, 0.6) is 5.88 Å². The SMILES string of the molecule is C[C@@H]1CCCN([C@H](c2ccccc2)c2sc3ncnn3c2O)C1. The van der Waals surface area contributed by atoms with Crippen molar-refractivity contribution in [2.75, 3.05) is 13.1 Å². The Morgan fingerprint density at radius 2 is 2.13 bits per heavy atom. The summed E-state index contributed by atoms with van der Waals surface area (Å²) in [5.41, 5.74) is 1.21. The number of fused-ring (bicyclic) bond motifs is 1. The lowest BCUT2D eigenvalue weighted by molar-refractivity contribution is 0.149. The van der Waals surface area contributed by atoms with E-state index in [4.69, 9.17) is 0 Å². The first kappa shape index (κ1) is 14.7. The van der Waals surface area contributed by atoms with E-state index >= 15 is 0 Å². The second-order valence-corrected chi connectivity index (χ2v) is 7.31. The smallest absolute Gasteiger partial charge is 0.230 e. The first-order valence-electron chi connectivity index (χ1n) is 8.04. The predicted octanol–water partition coefficient (Wildman–Crippen LogP) is 3.32. The minimum absolute atomic E-state index is 0.0625. The molecule has 1 N–H and O–H groups in total. The monoisotopic (exact) mass is 328 g/mol. The van der Waals surface area contributed by atoms with Crippen molar-refractivity contribution >= 4 is 16.3 Å². The molecule has 0 saturated carbocycles. The van der Waals surface area contributed by atoms with Crippen molar-refractivity contribution in [3.05, 3.63) is 47.1 Å². The van der Waals surface area contributed by atoms with E-state index in [0.717, 1.165) is 22.9 Å². The summed E-state index contributed by atoms with van der Waals surface area (Å²) >= 11 is 1.53. The third kappa shape index (κ3) is 2.62. The second-order valence-electron chi connectivity index (χ2n) is 6.30. The minimum atomic E-state index is 0.0625. The van der Waals surface area contributed by atoms with Crippen molar-refractivity contribution in [2.24, 2.45) is 5.92 Å². The number of piperidine rings is 1. The summed E-state index contributed by atoms with van der Waals surface area (Å²) in [7, 11) is 0. The lowest BCUT2D eigenvalue weighted by atomic mass is 9.95. The average Bonchev–Trinajstić information content (AvgIpc) is 3.13. The zero-order valence-electron chi connectivity index (χ0n) is 13.1. The van der Waals surface area contributed by atoms with Crippen LogP contribution in [0.1, 0.15) is 36.2 Å². The summed E-state index contributed by atoms with van der Waals surface area (Å²) < 4.78 is 1.53. The lowest BCUT2D eigenvalue weighted by Crippen LogP contribution is -2.37. The molecule has 23 heavy (non-hydrogen) atoms. The number of hydrogen-bond acceptors (Lipinski definition) is 5. The fourth-order valence-corrected chi connectivity index (χ4v) is 4.59. The lowest BCUT2D eigenvalue weighted by Gasteiger charge is -2.37. The van der Waals surface area contributed by atoms with Crippen LogP contribution in [0.4, 0.5) is 0 Å². The summed E-state index contributed by atoms with van der Waals surface area (Å²) in [5, 5.41) is 14.8. The molecule has 2 atom stereocenters. The fourth-order valence-electron chi connectivity index (χ4n) is 3.50. The molecular weight excluding hydrogens is 308 g/mol. The molecule has 0 bridgehead atoms. The van der Waals surface area contributed by atoms with Gasteiger partial charge in [0.05, 0.1) is 10.9 Å². The van der Waals surface area contributed by atoms with Gasteiger partial charge in [0.2, 0.25) is 10.8 Å². The van der Waals surface area contributed by atoms with Crippen molar-refractivity contribution in [1.82, 2.24) is 19.5 Å². The summed E-state index contributed by atoms with van der Waals surface area (Å²) in [6, 6.07) is 10.5. The van der Waals surface area contributed by atoms with Crippen LogP contribution < -0.4 is 0 Å². The second kappa shape index (κ2) is 5.94. The van der Waals surface area contributed by atoms with E-state index in [1.807, 2.05) is 6.07 Å². The van der Waals surface area contributed by atoms with Gasteiger partial charge in [-0.15, -0.1) is 0 Å². The highest BCUT2D eigenvalue weighted by Crippen LogP contribution is 2.40. The molecule has 4 rings (SSSR count). The van der Waals surface area contributed by atoms with Crippen LogP contribution in [0.15, 0.2) is 36.7 Å². The summed E-state index contributed by atoms with van der Waals surface area (Å²) in [6.45, 7) is 4.40. The van der Waals surface area contributed by atoms with Crippen molar-refractivity contribution in [3.8, 4) is 5.88 Å². The molecule has 5 nitrogen and oxygen atoms in total. The molecule has 0 unspecified atom stereocenters. The van der Waals surface area contributed by atoms with E-state index in [2.05, 4.69) is 46.2 Å². The average molecular weight is 328 g/mol. The van der Waals surface area contributed by atoms with Gasteiger partial charge < -0.3 is 5.11 Å². The first-order valence-corrected chi connectivity index (χ1v) is 8.86. The maximum absolute atomic E-state index is 10.7. The van der Waals surface area contributed by atoms with Crippen molar-refractivity contribution in [2.45, 2.75) is 25.8 Å². The summed E-state index contributed by atoms with van der Waals surface area (Å²) in [5.74, 6) is 0.897. The van der Waals surface area contributed by atoms with Gasteiger partial charge in [0.1, 0.15) is 6.33 Å². The predicted molar refractivity (Wildman–Crippen MR) is 90.8 cm³/mol. The van der Waals surface area contributed by atoms with E-state index < -0.39 is 0 Å². The van der Waals surface area contributed by atoms with Crippen molar-refractivity contribution in [1.29, 1.82) is 0 Å². The molecule has 3 heterocycles. The molecule has 0 radical (unpaired) electrons. The number of benzene rings is 1. The summed E-state index contributed by atoms with van der Waals surface area (Å²) in [4.78, 5) is 8.38. The maximum atomic E-state index is 10.7. The van der Waals surface area contributed by atoms with Crippen LogP contribution in [0.2, 0.25) is 0 Å². The fraction of sp³-hybridized carbons (Fsp3) is 0.412. The molecule has 1 aliphatic rings. The molecule has 6 heteroatoms. The van der Waals surface area contributed by atoms with Gasteiger partial charge in [0, 0.05) is 6.54 Å². The zero-order chi connectivity index (χ0) is 15.8. The van der Waals surface area contributed by atoms with Crippen molar-refractivity contribution in [3.63, 3.8) is 0 Å². The van der Waals surface area contributed by atoms with Crippen LogP contribution in [0.25, 0.3) is 4.96 Å². The topological polar surface area (TPSA) is 53.7 Å². The van der Waals surface area contributed by atoms with Crippen molar-refractivity contribution < 1.29 is 5.11 Å². The van der Waals surface area contributed by atoms with Crippen LogP contribution in [-0.4, -0.2) is 37.7 Å². The molecule has 1 aliphatic heterocycles. The van der Waals surface area contributed by atoms with Crippen LogP contribution in [0.3, 0.4) is 0 Å². The Hall–Kier alpha value is -1.92. The van der Waals surface area contributed by atoms with Gasteiger partial charge in [0.25, 0.3) is 0 Å². The van der Waals surface area contributed by atoms with Gasteiger partial charge in [-0.25, -0.2) is 4.98 Å². The Labute approximate surface area is 139 Å². The number of hydrogen-bond donors (Lipinski definition) is 1. The molecular formula is C17H20N4OS. The van der Waals surface area contributed by atoms with E-state index in [9.17, 15) is 5.11 Å². The standard InChI is InChI=1S/C17H20N4OS/c1-12-6-5-9-20(10-12)14(13-7-3-2-4-8-13)15-16(22)21-17(23-15)18-11-19-21/h2-4,7-8,11-12,14,22H,5-6,9-10H2,1H3/t12-,14-/m1/s1. The Morgan fingerprint density at radius 1 is 1.30 bits per heavy atom. The molecule has 3 aromatic rings. The highest BCUT2D eigenvalue weighted by molar-refractivity contribution is 7.17. The summed E-state index contributed by atoms with van der Waals surface area (Å²) in [6.07, 6.45) is 3.96. The highest BCUT2D eigenvalue weighted by Gasteiger charge is 2.31. The normalized spacial score (nSPS) is 20.8.